The first-order chi connectivity index (χ1) is 36.7. The zero-order valence-electron chi connectivity index (χ0n) is 48.9. The van der Waals surface area contributed by atoms with E-state index >= 15 is 0 Å². The summed E-state index contributed by atoms with van der Waals surface area (Å²) in [5.74, 6) is -1.73. The zero-order chi connectivity index (χ0) is 56.3. The number of carbonyl (C=O) groups excluding carboxylic acids is 4. The number of ether oxygens (including phenoxy) is 16. The minimum absolute atomic E-state index is 0.0129. The lowest BCUT2D eigenvalue weighted by molar-refractivity contribution is -0.164. The van der Waals surface area contributed by atoms with Crippen LogP contribution in [0.3, 0.4) is 0 Å². The van der Waals surface area contributed by atoms with Crippen molar-refractivity contribution in [2.75, 3.05) is 106 Å². The van der Waals surface area contributed by atoms with Crippen molar-refractivity contribution >= 4 is 23.9 Å². The molecule has 0 amide bonds. The largest absolute Gasteiger partial charge is 0.460 e. The van der Waals surface area contributed by atoms with Crippen LogP contribution in [0, 0.1) is 29.1 Å². The maximum Gasteiger partial charge on any atom is 0.309 e. The highest BCUT2D eigenvalue weighted by molar-refractivity contribution is 5.74. The number of rotatable bonds is 36. The molecular formula is C57H100O20. The Morgan fingerprint density at radius 3 is 0.753 bits per heavy atom. The smallest absolute Gasteiger partial charge is 0.309 e. The second-order valence-electron chi connectivity index (χ2n) is 22.7. The van der Waals surface area contributed by atoms with Crippen molar-refractivity contribution in [2.24, 2.45) is 29.1 Å². The van der Waals surface area contributed by atoms with Gasteiger partial charge in [-0.15, -0.1) is 0 Å². The fraction of sp³-hybridized carbons (Fsp3) is 0.930. The average molecular weight is 1110 g/mol. The lowest BCUT2D eigenvalue weighted by Gasteiger charge is -2.34. The van der Waals surface area contributed by atoms with Crippen LogP contribution in [0.5, 0.6) is 0 Å². The highest BCUT2D eigenvalue weighted by atomic mass is 16.6. The summed E-state index contributed by atoms with van der Waals surface area (Å²) in [6.07, 6.45) is 1.82. The zero-order valence-corrected chi connectivity index (χ0v) is 48.9. The fourth-order valence-electron chi connectivity index (χ4n) is 9.57. The van der Waals surface area contributed by atoms with E-state index in [-0.39, 0.29) is 176 Å². The monoisotopic (exact) mass is 1100 g/mol. The predicted molar refractivity (Wildman–Crippen MR) is 282 cm³/mol. The van der Waals surface area contributed by atoms with E-state index in [0.717, 1.165) is 0 Å². The quantitative estimate of drug-likeness (QED) is 0.0474. The normalized spacial score (nSPS) is 28.1. The lowest BCUT2D eigenvalue weighted by atomic mass is 9.92. The summed E-state index contributed by atoms with van der Waals surface area (Å²) in [7, 11) is 0. The Balaban J connectivity index is 1.38. The third-order valence-corrected chi connectivity index (χ3v) is 14.0. The Morgan fingerprint density at radius 1 is 0.351 bits per heavy atom. The van der Waals surface area contributed by atoms with Crippen molar-refractivity contribution in [2.45, 2.75) is 208 Å². The maximum atomic E-state index is 12.9. The highest BCUT2D eigenvalue weighted by Gasteiger charge is 2.36. The summed E-state index contributed by atoms with van der Waals surface area (Å²) in [5, 5.41) is 0. The van der Waals surface area contributed by atoms with E-state index in [4.69, 9.17) is 75.8 Å². The summed E-state index contributed by atoms with van der Waals surface area (Å²) in [4.78, 5) is 51.6. The molecule has 77 heavy (non-hydrogen) atoms. The molecular weight excluding hydrogens is 1000 g/mol. The van der Waals surface area contributed by atoms with E-state index < -0.39 is 29.8 Å². The molecule has 0 aromatic heterocycles. The van der Waals surface area contributed by atoms with Crippen molar-refractivity contribution in [1.82, 2.24) is 0 Å². The first kappa shape index (κ1) is 66.9. The second-order valence-corrected chi connectivity index (χ2v) is 22.7. The number of hydrogen-bond donors (Lipinski definition) is 0. The Bertz CT molecular complexity index is 1430. The lowest BCUT2D eigenvalue weighted by Crippen LogP contribution is -2.44. The van der Waals surface area contributed by atoms with Gasteiger partial charge in [-0.3, -0.25) is 19.2 Å². The molecule has 0 saturated carbocycles. The van der Waals surface area contributed by atoms with Gasteiger partial charge in [0.25, 0.3) is 0 Å². The molecule has 0 spiro atoms. The second kappa shape index (κ2) is 36.0. The van der Waals surface area contributed by atoms with Crippen LogP contribution in [0.25, 0.3) is 0 Å². The third-order valence-electron chi connectivity index (χ3n) is 14.0. The molecule has 20 nitrogen and oxygen atoms in total. The van der Waals surface area contributed by atoms with Gasteiger partial charge in [0.2, 0.25) is 0 Å². The summed E-state index contributed by atoms with van der Waals surface area (Å²) in [5.41, 5.74) is -0.875. The van der Waals surface area contributed by atoms with E-state index in [1.807, 2.05) is 83.1 Å². The molecule has 4 aliphatic heterocycles. The van der Waals surface area contributed by atoms with Crippen LogP contribution in [0.1, 0.15) is 134 Å². The number of carbonyl (C=O) groups is 4. The van der Waals surface area contributed by atoms with E-state index in [9.17, 15) is 19.2 Å². The van der Waals surface area contributed by atoms with Gasteiger partial charge in [0.1, 0.15) is 24.4 Å². The molecule has 0 bridgehead atoms. The van der Waals surface area contributed by atoms with Crippen LogP contribution in [0.4, 0.5) is 0 Å². The molecule has 4 rings (SSSR count). The standard InChI is InChI=1S/C57H100O20/c1-37-21-49(13-17-66-37)53(58)74-45(9)29-70-41(5)25-62-33-57(34-63-26-42(6)71-30-46(10)75-54(59)50-14-18-67-38(2)22-50,35-64-27-43(7)72-31-47(11)76-55(60)51-15-19-68-39(3)23-51)36-65-28-44(8)73-32-48(12)77-56(61)52-16-20-69-40(4)24-52/h37-52H,13-36H2,1-12H3. The van der Waals surface area contributed by atoms with Gasteiger partial charge in [0.15, 0.2) is 0 Å². The molecule has 448 valence electrons. The summed E-state index contributed by atoms with van der Waals surface area (Å²) in [6, 6.07) is 0. The van der Waals surface area contributed by atoms with Crippen molar-refractivity contribution in [3.05, 3.63) is 0 Å². The number of esters is 4. The molecule has 0 aliphatic carbocycles. The van der Waals surface area contributed by atoms with Crippen LogP contribution in [-0.4, -0.2) is 203 Å². The predicted octanol–water partition coefficient (Wildman–Crippen LogP) is 6.65. The molecule has 20 heteroatoms. The number of hydrogen-bond acceptors (Lipinski definition) is 20. The fourth-order valence-corrected chi connectivity index (χ4v) is 9.57. The van der Waals surface area contributed by atoms with Gasteiger partial charge < -0.3 is 75.8 Å². The van der Waals surface area contributed by atoms with Crippen LogP contribution in [-0.2, 0) is 95.0 Å². The van der Waals surface area contributed by atoms with E-state index in [1.54, 1.807) is 0 Å². The molecule has 4 heterocycles. The Labute approximate surface area is 460 Å². The molecule has 4 saturated heterocycles. The van der Waals surface area contributed by atoms with E-state index in [1.165, 1.54) is 0 Å². The molecule has 0 radical (unpaired) electrons. The molecule has 0 aromatic rings. The minimum Gasteiger partial charge on any atom is -0.460 e. The molecule has 4 aliphatic rings. The van der Waals surface area contributed by atoms with Gasteiger partial charge in [-0.1, -0.05) is 0 Å². The Kier molecular flexibility index (Phi) is 31.3. The maximum absolute atomic E-state index is 12.9. The van der Waals surface area contributed by atoms with Crippen molar-refractivity contribution in [3.63, 3.8) is 0 Å². The Hall–Kier alpha value is -2.60. The van der Waals surface area contributed by atoms with Gasteiger partial charge in [0, 0.05) is 26.4 Å². The highest BCUT2D eigenvalue weighted by Crippen LogP contribution is 2.27. The molecule has 4 fully saturated rings. The van der Waals surface area contributed by atoms with Crippen LogP contribution >= 0.6 is 0 Å². The van der Waals surface area contributed by atoms with Gasteiger partial charge in [-0.2, -0.15) is 0 Å². The summed E-state index contributed by atoms with van der Waals surface area (Å²) >= 11 is 0. The first-order valence-corrected chi connectivity index (χ1v) is 28.7. The van der Waals surface area contributed by atoms with E-state index in [0.29, 0.717) is 77.8 Å². The minimum atomic E-state index is -0.875. The van der Waals surface area contributed by atoms with Gasteiger partial charge in [0.05, 0.1) is 157 Å². The molecule has 0 N–H and O–H groups in total. The topological polar surface area (TPSA) is 216 Å². The molecule has 0 aromatic carbocycles. The third kappa shape index (κ3) is 27.1. The van der Waals surface area contributed by atoms with Crippen molar-refractivity contribution in [1.29, 1.82) is 0 Å². The average Bonchev–Trinajstić information content (AvgIpc) is 3.38. The Morgan fingerprint density at radius 2 is 0.558 bits per heavy atom. The first-order valence-electron chi connectivity index (χ1n) is 28.7. The van der Waals surface area contributed by atoms with Gasteiger partial charge >= 0.3 is 23.9 Å². The van der Waals surface area contributed by atoms with Crippen molar-refractivity contribution in [3.8, 4) is 0 Å². The van der Waals surface area contributed by atoms with Gasteiger partial charge in [-0.05, 0) is 134 Å². The van der Waals surface area contributed by atoms with Gasteiger partial charge in [-0.25, -0.2) is 0 Å². The van der Waals surface area contributed by atoms with Crippen molar-refractivity contribution < 1.29 is 95.0 Å². The SMILES string of the molecule is CC(COCC(COCC(C)OCC(C)OC(=O)C1CCOC(C)C1)(COCC(C)OCC(C)OC(=O)C1CCOC(C)C1)COCC(C)OCC(C)OC(=O)C1CCOC(C)C1)OCC(C)OC(=O)C1CCOC(C)C1. The summed E-state index contributed by atoms with van der Waals surface area (Å²) < 4.78 is 95.5. The molecule has 16 atom stereocenters. The van der Waals surface area contributed by atoms with Crippen LogP contribution in [0.15, 0.2) is 0 Å². The van der Waals surface area contributed by atoms with Crippen LogP contribution < -0.4 is 0 Å². The summed E-state index contributed by atoms with van der Waals surface area (Å²) in [6.45, 7) is 26.9. The molecule has 16 unspecified atom stereocenters. The van der Waals surface area contributed by atoms with Crippen LogP contribution in [0.2, 0.25) is 0 Å². The van der Waals surface area contributed by atoms with E-state index in [2.05, 4.69) is 0 Å².